The van der Waals surface area contributed by atoms with Crippen LogP contribution in [0.25, 0.3) is 0 Å². The Kier molecular flexibility index (Phi) is 8.85. The normalized spacial score (nSPS) is 32.6. The number of hydrogen-bond donors (Lipinski definition) is 1. The van der Waals surface area contributed by atoms with Gasteiger partial charge in [-0.15, -0.1) is 24.8 Å². The van der Waals surface area contributed by atoms with Gasteiger partial charge in [-0.25, -0.2) is 8.78 Å². The predicted octanol–water partition coefficient (Wildman–Crippen LogP) is 2.94. The van der Waals surface area contributed by atoms with Crippen molar-refractivity contribution in [2.45, 2.75) is 63.5 Å². The first-order valence-corrected chi connectivity index (χ1v) is 9.09. The molecule has 3 saturated heterocycles. The molecule has 0 aromatic heterocycles. The van der Waals surface area contributed by atoms with E-state index in [0.29, 0.717) is 18.5 Å². The monoisotopic (exact) mass is 401 g/mol. The highest BCUT2D eigenvalue weighted by molar-refractivity contribution is 5.85. The number of carbonyl (C=O) groups excluding carboxylic acids is 1. The molecule has 3 heterocycles. The maximum atomic E-state index is 13.3. The third kappa shape index (κ3) is 5.91. The van der Waals surface area contributed by atoms with Crippen molar-refractivity contribution in [3.05, 3.63) is 0 Å². The molecule has 25 heavy (non-hydrogen) atoms. The van der Waals surface area contributed by atoms with Crippen LogP contribution < -0.4 is 5.32 Å². The highest BCUT2D eigenvalue weighted by Gasteiger charge is 2.44. The number of rotatable bonds is 3. The molecule has 8 heteroatoms. The van der Waals surface area contributed by atoms with Gasteiger partial charge < -0.3 is 9.80 Å². The average Bonchev–Trinajstić information content (AvgIpc) is 2.89. The molecule has 0 saturated carbocycles. The Bertz CT molecular complexity index is 442. The van der Waals surface area contributed by atoms with Crippen molar-refractivity contribution < 1.29 is 13.6 Å². The van der Waals surface area contributed by atoms with Gasteiger partial charge in [0.2, 0.25) is 5.91 Å². The third-order valence-electron chi connectivity index (χ3n) is 5.67. The minimum Gasteiger partial charge on any atom is -0.341 e. The number of nitrogens with one attached hydrogen (secondary N) is 1. The summed E-state index contributed by atoms with van der Waals surface area (Å²) in [6.07, 6.45) is 5.62. The van der Waals surface area contributed by atoms with E-state index in [9.17, 15) is 13.6 Å². The molecular weight excluding hydrogens is 371 g/mol. The maximum absolute atomic E-state index is 13.3. The van der Waals surface area contributed by atoms with Gasteiger partial charge in [-0.05, 0) is 45.1 Å². The van der Waals surface area contributed by atoms with Crippen LogP contribution >= 0.6 is 24.8 Å². The van der Waals surface area contributed by atoms with E-state index in [1.54, 1.807) is 0 Å². The summed E-state index contributed by atoms with van der Waals surface area (Å²) >= 11 is 0. The second-order valence-electron chi connectivity index (χ2n) is 7.63. The van der Waals surface area contributed by atoms with Gasteiger partial charge in [0, 0.05) is 32.1 Å². The fourth-order valence-corrected chi connectivity index (χ4v) is 4.29. The molecule has 1 amide bonds. The molecule has 3 fully saturated rings. The molecule has 3 aliphatic rings. The van der Waals surface area contributed by atoms with Crippen LogP contribution in [0.5, 0.6) is 0 Å². The molecule has 148 valence electrons. The standard InChI is InChI=1S/C17H29F2N3O.2ClH/c1-13-5-2-3-7-21(13)10-14-6-4-8-22(11-14)16(23)15-9-17(18,19)12-20-15;;/h13-15,20H,2-12H2,1H3;2*1H. The largest absolute Gasteiger partial charge is 0.341 e. The Balaban J connectivity index is 0.00000156. The van der Waals surface area contributed by atoms with Gasteiger partial charge in [0.25, 0.3) is 5.92 Å². The second kappa shape index (κ2) is 9.67. The van der Waals surface area contributed by atoms with Gasteiger partial charge in [-0.3, -0.25) is 10.1 Å². The number of piperidine rings is 2. The van der Waals surface area contributed by atoms with E-state index in [1.165, 1.54) is 19.3 Å². The number of amides is 1. The lowest BCUT2D eigenvalue weighted by Crippen LogP contribution is -2.50. The van der Waals surface area contributed by atoms with Gasteiger partial charge in [0.1, 0.15) is 0 Å². The van der Waals surface area contributed by atoms with Gasteiger partial charge in [-0.1, -0.05) is 6.42 Å². The van der Waals surface area contributed by atoms with Crippen molar-refractivity contribution in [1.29, 1.82) is 0 Å². The fourth-order valence-electron chi connectivity index (χ4n) is 4.29. The lowest BCUT2D eigenvalue weighted by atomic mass is 9.94. The minimum absolute atomic E-state index is 0. The van der Waals surface area contributed by atoms with Crippen molar-refractivity contribution in [1.82, 2.24) is 15.1 Å². The van der Waals surface area contributed by atoms with Crippen molar-refractivity contribution in [3.8, 4) is 0 Å². The summed E-state index contributed by atoms with van der Waals surface area (Å²) in [6, 6.07) is -0.0670. The zero-order valence-corrected chi connectivity index (χ0v) is 16.5. The maximum Gasteiger partial charge on any atom is 0.262 e. The quantitative estimate of drug-likeness (QED) is 0.789. The number of halogens is 4. The second-order valence-corrected chi connectivity index (χ2v) is 7.63. The van der Waals surface area contributed by atoms with E-state index in [0.717, 1.165) is 32.5 Å². The third-order valence-corrected chi connectivity index (χ3v) is 5.67. The van der Waals surface area contributed by atoms with E-state index in [4.69, 9.17) is 0 Å². The molecule has 0 bridgehead atoms. The zero-order chi connectivity index (χ0) is 16.4. The Morgan fingerprint density at radius 1 is 1.16 bits per heavy atom. The number of nitrogens with zero attached hydrogens (tertiary/aromatic N) is 2. The number of hydrogen-bond acceptors (Lipinski definition) is 3. The van der Waals surface area contributed by atoms with Gasteiger partial charge >= 0.3 is 0 Å². The first kappa shape index (κ1) is 22.9. The molecule has 3 rings (SSSR count). The lowest BCUT2D eigenvalue weighted by molar-refractivity contribution is -0.135. The fraction of sp³-hybridized carbons (Fsp3) is 0.941. The van der Waals surface area contributed by atoms with Gasteiger partial charge in [0.15, 0.2) is 0 Å². The molecule has 3 atom stereocenters. The molecule has 4 nitrogen and oxygen atoms in total. The first-order valence-electron chi connectivity index (χ1n) is 9.09. The molecule has 0 spiro atoms. The molecular formula is C17H31Cl2F2N3O. The lowest BCUT2D eigenvalue weighted by Gasteiger charge is -2.40. The molecule has 0 aliphatic carbocycles. The highest BCUT2D eigenvalue weighted by Crippen LogP contribution is 2.28. The van der Waals surface area contributed by atoms with Crippen LogP contribution in [0.15, 0.2) is 0 Å². The van der Waals surface area contributed by atoms with Crippen LogP contribution in [0.3, 0.4) is 0 Å². The summed E-state index contributed by atoms with van der Waals surface area (Å²) < 4.78 is 26.6. The molecule has 3 unspecified atom stereocenters. The summed E-state index contributed by atoms with van der Waals surface area (Å²) in [5, 5.41) is 2.70. The highest BCUT2D eigenvalue weighted by atomic mass is 35.5. The Morgan fingerprint density at radius 3 is 2.56 bits per heavy atom. The van der Waals surface area contributed by atoms with Gasteiger partial charge in [-0.2, -0.15) is 0 Å². The van der Waals surface area contributed by atoms with Crippen LogP contribution in [-0.4, -0.2) is 66.4 Å². The predicted molar refractivity (Wildman–Crippen MR) is 100 cm³/mol. The summed E-state index contributed by atoms with van der Waals surface area (Å²) in [7, 11) is 0. The molecule has 1 N–H and O–H groups in total. The van der Waals surface area contributed by atoms with Crippen LogP contribution in [0.2, 0.25) is 0 Å². The molecule has 0 radical (unpaired) electrons. The van der Waals surface area contributed by atoms with Crippen molar-refractivity contribution in [2.75, 3.05) is 32.7 Å². The summed E-state index contributed by atoms with van der Waals surface area (Å²) in [5.41, 5.74) is 0. The minimum atomic E-state index is -2.74. The van der Waals surface area contributed by atoms with Crippen molar-refractivity contribution in [3.63, 3.8) is 0 Å². The summed E-state index contributed by atoms with van der Waals surface area (Å²) in [4.78, 5) is 16.9. The van der Waals surface area contributed by atoms with E-state index in [1.807, 2.05) is 4.90 Å². The van der Waals surface area contributed by atoms with Crippen LogP contribution in [0, 0.1) is 5.92 Å². The summed E-state index contributed by atoms with van der Waals surface area (Å²) in [6.45, 7) is 5.56. The van der Waals surface area contributed by atoms with E-state index >= 15 is 0 Å². The molecule has 3 aliphatic heterocycles. The van der Waals surface area contributed by atoms with E-state index in [-0.39, 0.29) is 43.7 Å². The zero-order valence-electron chi connectivity index (χ0n) is 14.9. The molecule has 0 aromatic rings. The van der Waals surface area contributed by atoms with E-state index in [2.05, 4.69) is 17.1 Å². The Morgan fingerprint density at radius 2 is 1.92 bits per heavy atom. The summed E-state index contributed by atoms with van der Waals surface area (Å²) in [5.74, 6) is -2.38. The Hall–Kier alpha value is -0.170. The SMILES string of the molecule is CC1CCCCN1CC1CCCN(C(=O)C2CC(F)(F)CN2)C1.Cl.Cl. The van der Waals surface area contributed by atoms with E-state index < -0.39 is 12.0 Å². The number of alkyl halides is 2. The first-order chi connectivity index (χ1) is 10.9. The van der Waals surface area contributed by atoms with Crippen molar-refractivity contribution >= 4 is 30.7 Å². The molecule has 0 aromatic carbocycles. The topological polar surface area (TPSA) is 35.6 Å². The van der Waals surface area contributed by atoms with Crippen LogP contribution in [-0.2, 0) is 4.79 Å². The van der Waals surface area contributed by atoms with Crippen LogP contribution in [0.4, 0.5) is 8.78 Å². The number of likely N-dealkylation sites (tertiary alicyclic amines) is 2. The smallest absolute Gasteiger partial charge is 0.262 e. The van der Waals surface area contributed by atoms with Crippen molar-refractivity contribution in [2.24, 2.45) is 5.92 Å². The Labute approximate surface area is 161 Å². The number of carbonyl (C=O) groups is 1. The van der Waals surface area contributed by atoms with Crippen LogP contribution in [0.1, 0.15) is 45.4 Å². The average molecular weight is 402 g/mol. The van der Waals surface area contributed by atoms with Gasteiger partial charge in [0.05, 0.1) is 12.6 Å².